The Morgan fingerprint density at radius 2 is 1.55 bits per heavy atom. The smallest absolute Gasteiger partial charge is 0.343 e. The molecule has 150 valence electrons. The molecule has 2 aromatic rings. The molecule has 0 radical (unpaired) electrons. The summed E-state index contributed by atoms with van der Waals surface area (Å²) in [7, 11) is 0. The third-order valence-electron chi connectivity index (χ3n) is 4.20. The predicted octanol–water partition coefficient (Wildman–Crippen LogP) is 2.30. The van der Waals surface area contributed by atoms with Crippen LogP contribution in [0.5, 0.6) is 0 Å². The molecule has 29 heavy (non-hydrogen) atoms. The molecule has 7 heteroatoms. The van der Waals surface area contributed by atoms with E-state index in [2.05, 4.69) is 0 Å². The lowest BCUT2D eigenvalue weighted by atomic mass is 10.0. The maximum atomic E-state index is 12.5. The van der Waals surface area contributed by atoms with Crippen molar-refractivity contribution in [2.75, 3.05) is 6.61 Å². The van der Waals surface area contributed by atoms with Crippen molar-refractivity contribution in [1.29, 1.82) is 0 Å². The van der Waals surface area contributed by atoms with Gasteiger partial charge in [-0.15, -0.1) is 0 Å². The van der Waals surface area contributed by atoms with Crippen LogP contribution in [0.25, 0.3) is 0 Å². The lowest BCUT2D eigenvalue weighted by Crippen LogP contribution is -2.44. The zero-order chi connectivity index (χ0) is 20.8. The molecule has 1 N–H and O–H groups in total. The Balaban J connectivity index is 1.73. The molecule has 0 bridgehead atoms. The van der Waals surface area contributed by atoms with Crippen LogP contribution in [-0.4, -0.2) is 47.7 Å². The highest BCUT2D eigenvalue weighted by atomic mass is 16.6. The van der Waals surface area contributed by atoms with E-state index >= 15 is 0 Å². The number of esters is 2. The van der Waals surface area contributed by atoms with E-state index in [0.29, 0.717) is 5.56 Å². The van der Waals surface area contributed by atoms with E-state index in [1.807, 2.05) is 0 Å². The van der Waals surface area contributed by atoms with Gasteiger partial charge >= 0.3 is 11.9 Å². The van der Waals surface area contributed by atoms with Gasteiger partial charge in [-0.25, -0.2) is 9.59 Å². The Hall–Kier alpha value is -3.29. The number of carbonyl (C=O) groups is 3. The first-order valence-electron chi connectivity index (χ1n) is 9.04. The highest BCUT2D eigenvalue weighted by Crippen LogP contribution is 2.21. The van der Waals surface area contributed by atoms with E-state index in [1.165, 1.54) is 13.0 Å². The minimum atomic E-state index is -1.24. The highest BCUT2D eigenvalue weighted by molar-refractivity contribution is 6.02. The molecule has 1 heterocycles. The molecular formula is C22H20O7. The molecule has 7 nitrogen and oxygen atoms in total. The van der Waals surface area contributed by atoms with Crippen LogP contribution in [0.2, 0.25) is 0 Å². The molecule has 3 rings (SSSR count). The fourth-order valence-electron chi connectivity index (χ4n) is 2.73. The fourth-order valence-corrected chi connectivity index (χ4v) is 2.73. The molecule has 0 spiro atoms. The van der Waals surface area contributed by atoms with Crippen LogP contribution in [0.4, 0.5) is 0 Å². The van der Waals surface area contributed by atoms with Crippen molar-refractivity contribution in [2.45, 2.75) is 25.2 Å². The molecule has 1 aliphatic heterocycles. The monoisotopic (exact) mass is 396 g/mol. The lowest BCUT2D eigenvalue weighted by molar-refractivity contribution is -0.145. The summed E-state index contributed by atoms with van der Waals surface area (Å²) in [5, 5.41) is 9.87. The number of carbonyl (C=O) groups excluding carboxylic acids is 3. The van der Waals surface area contributed by atoms with Gasteiger partial charge in [0.1, 0.15) is 12.7 Å². The average Bonchev–Trinajstić information content (AvgIpc) is 2.74. The van der Waals surface area contributed by atoms with Gasteiger partial charge in [0.2, 0.25) is 5.78 Å². The van der Waals surface area contributed by atoms with Gasteiger partial charge in [-0.2, -0.15) is 0 Å². The van der Waals surface area contributed by atoms with Gasteiger partial charge in [-0.05, 0) is 37.3 Å². The Labute approximate surface area is 167 Å². The summed E-state index contributed by atoms with van der Waals surface area (Å²) >= 11 is 0. The van der Waals surface area contributed by atoms with Crippen molar-refractivity contribution >= 4 is 17.7 Å². The van der Waals surface area contributed by atoms with Gasteiger partial charge in [0.05, 0.1) is 17.2 Å². The predicted molar refractivity (Wildman–Crippen MR) is 102 cm³/mol. The Morgan fingerprint density at radius 3 is 2.10 bits per heavy atom. The van der Waals surface area contributed by atoms with Gasteiger partial charge in [0.25, 0.3) is 0 Å². The highest BCUT2D eigenvalue weighted by Gasteiger charge is 2.37. The van der Waals surface area contributed by atoms with Gasteiger partial charge < -0.3 is 19.3 Å². The van der Waals surface area contributed by atoms with E-state index in [0.717, 1.165) is 0 Å². The molecule has 0 saturated carbocycles. The zero-order valence-corrected chi connectivity index (χ0v) is 15.7. The Kier molecular flexibility index (Phi) is 6.54. The number of benzene rings is 2. The van der Waals surface area contributed by atoms with E-state index in [9.17, 15) is 19.5 Å². The third-order valence-corrected chi connectivity index (χ3v) is 4.20. The number of ether oxygens (including phenoxy) is 3. The maximum absolute atomic E-state index is 12.5. The van der Waals surface area contributed by atoms with Crippen LogP contribution in [0.15, 0.2) is 72.5 Å². The van der Waals surface area contributed by atoms with Crippen LogP contribution in [-0.2, 0) is 19.0 Å². The van der Waals surface area contributed by atoms with Gasteiger partial charge in [0.15, 0.2) is 11.9 Å². The second kappa shape index (κ2) is 9.27. The largest absolute Gasteiger partial charge is 0.459 e. The number of hydrogen-bond acceptors (Lipinski definition) is 7. The molecule has 0 fully saturated rings. The Bertz CT molecular complexity index is 903. The first-order chi connectivity index (χ1) is 14.0. The summed E-state index contributed by atoms with van der Waals surface area (Å²) in [6, 6.07) is 16.6. The van der Waals surface area contributed by atoms with Crippen molar-refractivity contribution in [3.63, 3.8) is 0 Å². The number of ketones is 1. The van der Waals surface area contributed by atoms with E-state index in [1.54, 1.807) is 60.7 Å². The molecule has 0 amide bonds. The van der Waals surface area contributed by atoms with Gasteiger partial charge in [-0.1, -0.05) is 36.4 Å². The second-order valence-electron chi connectivity index (χ2n) is 6.45. The van der Waals surface area contributed by atoms with Crippen LogP contribution >= 0.6 is 0 Å². The normalized spacial score (nSPS) is 19.8. The molecule has 0 unspecified atom stereocenters. The van der Waals surface area contributed by atoms with Crippen molar-refractivity contribution in [3.8, 4) is 0 Å². The number of rotatable bonds is 6. The van der Waals surface area contributed by atoms with E-state index < -0.39 is 36.0 Å². The zero-order valence-electron chi connectivity index (χ0n) is 15.7. The van der Waals surface area contributed by atoms with Crippen molar-refractivity contribution in [1.82, 2.24) is 0 Å². The van der Waals surface area contributed by atoms with Crippen LogP contribution in [0, 0.1) is 0 Å². The SMILES string of the molecule is C[C@@H](O)[C@H]1O[C@H](COC(=O)c2ccccc2)C=C(OC(=O)c2ccccc2)C1=O. The molecule has 0 aromatic heterocycles. The standard InChI is InChI=1S/C22H20O7/c1-14(23)20-19(24)18(29-22(26)16-10-6-3-7-11-16)12-17(28-20)13-27-21(25)15-8-4-2-5-9-15/h2-12,14,17,20,23H,13H2,1H3/t14-,17+,20-/m1/s1. The summed E-state index contributed by atoms with van der Waals surface area (Å²) in [6.07, 6.45) is -1.97. The number of Topliss-reactive ketones (excluding diaryl/α,β-unsaturated/α-hetero) is 1. The third kappa shape index (κ3) is 5.16. The number of aliphatic hydroxyl groups excluding tert-OH is 1. The van der Waals surface area contributed by atoms with E-state index in [-0.39, 0.29) is 17.9 Å². The maximum Gasteiger partial charge on any atom is 0.343 e. The van der Waals surface area contributed by atoms with E-state index in [4.69, 9.17) is 14.2 Å². The van der Waals surface area contributed by atoms with Crippen LogP contribution < -0.4 is 0 Å². The quantitative estimate of drug-likeness (QED) is 0.748. The topological polar surface area (TPSA) is 99.1 Å². The summed E-state index contributed by atoms with van der Waals surface area (Å²) < 4.78 is 16.0. The second-order valence-corrected chi connectivity index (χ2v) is 6.45. The number of aliphatic hydroxyl groups is 1. The molecule has 3 atom stereocenters. The van der Waals surface area contributed by atoms with Gasteiger partial charge in [-0.3, -0.25) is 4.79 Å². The van der Waals surface area contributed by atoms with Crippen molar-refractivity contribution < 1.29 is 33.7 Å². The minimum absolute atomic E-state index is 0.212. The summed E-state index contributed by atoms with van der Waals surface area (Å²) in [5.74, 6) is -2.18. The lowest BCUT2D eigenvalue weighted by Gasteiger charge is -2.29. The minimum Gasteiger partial charge on any atom is -0.459 e. The van der Waals surface area contributed by atoms with Crippen LogP contribution in [0.3, 0.4) is 0 Å². The molecule has 0 saturated heterocycles. The Morgan fingerprint density at radius 1 is 1.00 bits per heavy atom. The average molecular weight is 396 g/mol. The molecule has 1 aliphatic rings. The fraction of sp³-hybridized carbons (Fsp3) is 0.227. The molecular weight excluding hydrogens is 376 g/mol. The summed E-state index contributed by atoms with van der Waals surface area (Å²) in [6.45, 7) is 1.17. The first-order valence-corrected chi connectivity index (χ1v) is 9.04. The molecule has 0 aliphatic carbocycles. The summed E-state index contributed by atoms with van der Waals surface area (Å²) in [4.78, 5) is 36.9. The number of hydrogen-bond donors (Lipinski definition) is 1. The molecule has 2 aromatic carbocycles. The van der Waals surface area contributed by atoms with Crippen molar-refractivity contribution in [3.05, 3.63) is 83.6 Å². The van der Waals surface area contributed by atoms with Crippen molar-refractivity contribution in [2.24, 2.45) is 0 Å². The first kappa shape index (κ1) is 20.4. The van der Waals surface area contributed by atoms with Gasteiger partial charge in [0, 0.05) is 0 Å². The summed E-state index contributed by atoms with van der Waals surface area (Å²) in [5.41, 5.74) is 0.638. The van der Waals surface area contributed by atoms with Crippen LogP contribution in [0.1, 0.15) is 27.6 Å².